The summed E-state index contributed by atoms with van der Waals surface area (Å²) in [6.07, 6.45) is 6.16. The number of rotatable bonds is 4. The molecule has 0 saturated carbocycles. The fourth-order valence-corrected chi connectivity index (χ4v) is 3.13. The largest absolute Gasteiger partial charge is 0.382 e. The number of anilines is 1. The maximum Gasteiger partial charge on any atom is 0.123 e. The molecule has 4 nitrogen and oxygen atoms in total. The Morgan fingerprint density at radius 1 is 1.21 bits per heavy atom. The van der Waals surface area contributed by atoms with Crippen molar-refractivity contribution in [2.45, 2.75) is 13.3 Å². The van der Waals surface area contributed by atoms with E-state index in [0.717, 1.165) is 51.7 Å². The number of aromatic nitrogens is 3. The molecule has 3 aromatic heterocycles. The van der Waals surface area contributed by atoms with Crippen LogP contribution in [-0.2, 0) is 6.42 Å². The molecule has 4 rings (SSSR count). The van der Waals surface area contributed by atoms with E-state index in [2.05, 4.69) is 20.3 Å². The first kappa shape index (κ1) is 14.6. The molecular weight excluding hydrogens is 303 g/mol. The maximum atomic E-state index is 13.5. The lowest BCUT2D eigenvalue weighted by Gasteiger charge is -2.08. The Hall–Kier alpha value is -2.95. The zero-order valence-corrected chi connectivity index (χ0v) is 13.3. The van der Waals surface area contributed by atoms with Gasteiger partial charge in [0.05, 0.1) is 17.4 Å². The molecule has 5 heteroatoms. The van der Waals surface area contributed by atoms with Crippen LogP contribution in [0.25, 0.3) is 21.8 Å². The third-order valence-electron chi connectivity index (χ3n) is 4.28. The number of H-pyrrole nitrogens is 1. The molecule has 120 valence electrons. The number of nitrogens with zero attached hydrogens (tertiary/aromatic N) is 2. The highest BCUT2D eigenvalue weighted by atomic mass is 19.1. The van der Waals surface area contributed by atoms with Crippen molar-refractivity contribution in [2.24, 2.45) is 0 Å². The van der Waals surface area contributed by atoms with Crippen molar-refractivity contribution < 1.29 is 4.39 Å². The second-order valence-corrected chi connectivity index (χ2v) is 5.86. The molecule has 0 aliphatic carbocycles. The zero-order chi connectivity index (χ0) is 16.5. The van der Waals surface area contributed by atoms with Crippen LogP contribution in [0.15, 0.2) is 48.9 Å². The first-order valence-corrected chi connectivity index (χ1v) is 7.92. The first-order chi connectivity index (χ1) is 11.7. The highest BCUT2D eigenvalue weighted by Crippen LogP contribution is 2.24. The van der Waals surface area contributed by atoms with Crippen LogP contribution < -0.4 is 5.32 Å². The van der Waals surface area contributed by atoms with Gasteiger partial charge in [-0.15, -0.1) is 0 Å². The molecule has 0 unspecified atom stereocenters. The van der Waals surface area contributed by atoms with Crippen LogP contribution in [0, 0.1) is 12.7 Å². The van der Waals surface area contributed by atoms with Gasteiger partial charge < -0.3 is 10.3 Å². The van der Waals surface area contributed by atoms with E-state index in [1.165, 1.54) is 6.07 Å². The second kappa shape index (κ2) is 5.92. The molecule has 24 heavy (non-hydrogen) atoms. The average molecular weight is 320 g/mol. The van der Waals surface area contributed by atoms with E-state index in [-0.39, 0.29) is 5.82 Å². The Kier molecular flexibility index (Phi) is 3.61. The number of aromatic amines is 1. The van der Waals surface area contributed by atoms with Crippen LogP contribution in [0.4, 0.5) is 10.1 Å². The average Bonchev–Trinajstić information content (AvgIpc) is 2.90. The van der Waals surface area contributed by atoms with Crippen LogP contribution in [0.3, 0.4) is 0 Å². The van der Waals surface area contributed by atoms with Crippen LogP contribution in [0.2, 0.25) is 0 Å². The van der Waals surface area contributed by atoms with Crippen LogP contribution in [-0.4, -0.2) is 21.5 Å². The number of benzene rings is 1. The summed E-state index contributed by atoms with van der Waals surface area (Å²) in [6.45, 7) is 2.75. The van der Waals surface area contributed by atoms with E-state index in [9.17, 15) is 4.39 Å². The van der Waals surface area contributed by atoms with E-state index in [1.54, 1.807) is 30.7 Å². The second-order valence-electron chi connectivity index (χ2n) is 5.86. The number of nitrogens with one attached hydrogen (secondary N) is 2. The lowest BCUT2D eigenvalue weighted by Crippen LogP contribution is -2.06. The van der Waals surface area contributed by atoms with E-state index in [1.807, 2.05) is 19.1 Å². The van der Waals surface area contributed by atoms with E-state index in [0.29, 0.717) is 0 Å². The lowest BCUT2D eigenvalue weighted by atomic mass is 10.1. The molecule has 0 spiro atoms. The Bertz CT molecular complexity index is 1020. The van der Waals surface area contributed by atoms with Gasteiger partial charge in [0, 0.05) is 40.9 Å². The van der Waals surface area contributed by atoms with E-state index < -0.39 is 0 Å². The smallest absolute Gasteiger partial charge is 0.123 e. The van der Waals surface area contributed by atoms with Gasteiger partial charge in [-0.2, -0.15) is 0 Å². The molecule has 1 aromatic carbocycles. The first-order valence-electron chi connectivity index (χ1n) is 7.92. The van der Waals surface area contributed by atoms with Crippen molar-refractivity contribution in [1.29, 1.82) is 0 Å². The normalized spacial score (nSPS) is 11.2. The van der Waals surface area contributed by atoms with Gasteiger partial charge in [-0.3, -0.25) is 9.97 Å². The third-order valence-corrected chi connectivity index (χ3v) is 4.28. The molecule has 3 heterocycles. The lowest BCUT2D eigenvalue weighted by molar-refractivity contribution is 0.629. The monoisotopic (exact) mass is 320 g/mol. The Morgan fingerprint density at radius 2 is 2.12 bits per heavy atom. The molecule has 0 saturated heterocycles. The van der Waals surface area contributed by atoms with Gasteiger partial charge in [0.2, 0.25) is 0 Å². The predicted octanol–water partition coefficient (Wildman–Crippen LogP) is 4.21. The summed E-state index contributed by atoms with van der Waals surface area (Å²) < 4.78 is 13.5. The number of halogens is 1. The summed E-state index contributed by atoms with van der Waals surface area (Å²) in [5.41, 5.74) is 5.01. The number of pyridine rings is 2. The van der Waals surface area contributed by atoms with Crippen molar-refractivity contribution in [1.82, 2.24) is 15.0 Å². The number of aryl methyl sites for hydroxylation is 1. The van der Waals surface area contributed by atoms with Crippen LogP contribution in [0.5, 0.6) is 0 Å². The van der Waals surface area contributed by atoms with Crippen molar-refractivity contribution in [3.63, 3.8) is 0 Å². The SMILES string of the molecule is Cc1[nH]c2ccc(F)cc2c1CCNc1cncc2cccnc12. The van der Waals surface area contributed by atoms with Gasteiger partial charge in [-0.1, -0.05) is 0 Å². The molecule has 4 aromatic rings. The van der Waals surface area contributed by atoms with Crippen molar-refractivity contribution in [3.8, 4) is 0 Å². The molecule has 0 aliphatic heterocycles. The van der Waals surface area contributed by atoms with E-state index >= 15 is 0 Å². The highest BCUT2D eigenvalue weighted by molar-refractivity contribution is 5.89. The molecule has 0 radical (unpaired) electrons. The number of fused-ring (bicyclic) bond motifs is 2. The molecule has 0 amide bonds. The van der Waals surface area contributed by atoms with Crippen molar-refractivity contribution >= 4 is 27.5 Å². The fraction of sp³-hybridized carbons (Fsp3) is 0.158. The van der Waals surface area contributed by atoms with Crippen LogP contribution in [0.1, 0.15) is 11.3 Å². The molecule has 0 fully saturated rings. The van der Waals surface area contributed by atoms with Gasteiger partial charge in [0.15, 0.2) is 0 Å². The van der Waals surface area contributed by atoms with Crippen molar-refractivity contribution in [3.05, 3.63) is 66.0 Å². The Morgan fingerprint density at radius 3 is 3.04 bits per heavy atom. The summed E-state index contributed by atoms with van der Waals surface area (Å²) >= 11 is 0. The molecule has 0 aliphatic rings. The fourth-order valence-electron chi connectivity index (χ4n) is 3.13. The predicted molar refractivity (Wildman–Crippen MR) is 94.7 cm³/mol. The van der Waals surface area contributed by atoms with Crippen LogP contribution >= 0.6 is 0 Å². The third kappa shape index (κ3) is 2.58. The molecule has 2 N–H and O–H groups in total. The number of hydrogen-bond acceptors (Lipinski definition) is 3. The molecule has 0 atom stereocenters. The Balaban J connectivity index is 1.57. The minimum absolute atomic E-state index is 0.210. The van der Waals surface area contributed by atoms with Gasteiger partial charge >= 0.3 is 0 Å². The highest BCUT2D eigenvalue weighted by Gasteiger charge is 2.09. The minimum Gasteiger partial charge on any atom is -0.382 e. The Labute approximate surface area is 138 Å². The van der Waals surface area contributed by atoms with Gasteiger partial charge in [-0.25, -0.2) is 4.39 Å². The summed E-state index contributed by atoms with van der Waals surface area (Å²) in [5, 5.41) is 5.35. The quantitative estimate of drug-likeness (QED) is 0.592. The summed E-state index contributed by atoms with van der Waals surface area (Å²) in [5.74, 6) is -0.210. The standard InChI is InChI=1S/C19H17FN4/c1-12-15(16-9-14(20)4-5-17(16)24-12)6-8-22-18-11-21-10-13-3-2-7-23-19(13)18/h2-5,7,9-11,22,24H,6,8H2,1H3. The number of hydrogen-bond donors (Lipinski definition) is 2. The van der Waals surface area contributed by atoms with Gasteiger partial charge in [0.25, 0.3) is 0 Å². The summed E-state index contributed by atoms with van der Waals surface area (Å²) in [7, 11) is 0. The maximum absolute atomic E-state index is 13.5. The van der Waals surface area contributed by atoms with Gasteiger partial charge in [0.1, 0.15) is 5.82 Å². The topological polar surface area (TPSA) is 53.6 Å². The molecule has 0 bridgehead atoms. The van der Waals surface area contributed by atoms with Gasteiger partial charge in [-0.05, 0) is 49.2 Å². The minimum atomic E-state index is -0.210. The molecular formula is C19H17FN4. The summed E-state index contributed by atoms with van der Waals surface area (Å²) in [6, 6.07) is 8.75. The zero-order valence-electron chi connectivity index (χ0n) is 13.3. The van der Waals surface area contributed by atoms with Crippen molar-refractivity contribution in [2.75, 3.05) is 11.9 Å². The van der Waals surface area contributed by atoms with E-state index in [4.69, 9.17) is 0 Å². The summed E-state index contributed by atoms with van der Waals surface area (Å²) in [4.78, 5) is 12.0.